The van der Waals surface area contributed by atoms with Crippen LogP contribution < -0.4 is 5.32 Å². The minimum absolute atomic E-state index is 0.0542. The van der Waals surface area contributed by atoms with Gasteiger partial charge >= 0.3 is 12.1 Å². The van der Waals surface area contributed by atoms with Gasteiger partial charge in [-0.2, -0.15) is 0 Å². The first-order valence-corrected chi connectivity index (χ1v) is 16.8. The molecule has 1 amide bonds. The Kier molecular flexibility index (Phi) is 7.77. The van der Waals surface area contributed by atoms with Gasteiger partial charge in [-0.1, -0.05) is 46.8 Å². The van der Waals surface area contributed by atoms with Gasteiger partial charge in [-0.25, -0.2) is 4.79 Å². The number of nitrogens with one attached hydrogen (secondary N) is 1. The molecular weight excluding hydrogens is 526 g/mol. The quantitative estimate of drug-likeness (QED) is 0.198. The molecule has 5 fully saturated rings. The van der Waals surface area contributed by atoms with Gasteiger partial charge in [0.25, 0.3) is 0 Å². The maximum absolute atomic E-state index is 14.1. The second-order valence-electron chi connectivity index (χ2n) is 17.5. The first kappa shape index (κ1) is 31.9. The van der Waals surface area contributed by atoms with Crippen LogP contribution in [0.15, 0.2) is 12.2 Å². The van der Waals surface area contributed by atoms with Crippen LogP contribution in [0, 0.1) is 56.7 Å². The van der Waals surface area contributed by atoms with Crippen molar-refractivity contribution in [3.05, 3.63) is 12.2 Å². The van der Waals surface area contributed by atoms with Gasteiger partial charge in [-0.05, 0) is 143 Å². The second kappa shape index (κ2) is 10.2. The normalized spacial score (nSPS) is 45.9. The lowest BCUT2D eigenvalue weighted by atomic mass is 9.32. The zero-order valence-corrected chi connectivity index (χ0v) is 28.0. The van der Waals surface area contributed by atoms with Gasteiger partial charge < -0.3 is 14.6 Å². The predicted octanol–water partition coefficient (Wildman–Crippen LogP) is 8.03. The molecule has 6 nitrogen and oxygen atoms in total. The molecule has 0 heterocycles. The smallest absolute Gasteiger partial charge is 0.410 e. The van der Waals surface area contributed by atoms with Gasteiger partial charge in [0.15, 0.2) is 6.73 Å². The van der Waals surface area contributed by atoms with Crippen molar-refractivity contribution in [3.63, 3.8) is 0 Å². The third kappa shape index (κ3) is 4.58. The van der Waals surface area contributed by atoms with Gasteiger partial charge in [-0.15, -0.1) is 0 Å². The third-order valence-corrected chi connectivity index (χ3v) is 14.3. The van der Waals surface area contributed by atoms with Crippen LogP contribution in [-0.4, -0.2) is 35.6 Å². The first-order chi connectivity index (χ1) is 19.3. The van der Waals surface area contributed by atoms with E-state index in [2.05, 4.69) is 53.4 Å². The molecule has 5 aliphatic rings. The third-order valence-electron chi connectivity index (χ3n) is 14.3. The molecule has 5 aliphatic carbocycles. The number of aliphatic hydroxyl groups excluding tert-OH is 1. The number of hydrogen-bond donors (Lipinski definition) is 2. The molecule has 0 radical (unpaired) electrons. The highest BCUT2D eigenvalue weighted by molar-refractivity contribution is 5.78. The number of hydrogen-bond acceptors (Lipinski definition) is 5. The fraction of sp³-hybridized carbons (Fsp3) is 0.889. The number of carbonyl (C=O) groups is 2. The first-order valence-electron chi connectivity index (χ1n) is 16.8. The van der Waals surface area contributed by atoms with E-state index in [0.717, 1.165) is 44.9 Å². The van der Waals surface area contributed by atoms with E-state index in [1.54, 1.807) is 0 Å². The molecule has 5 saturated carbocycles. The Morgan fingerprint density at radius 3 is 2.21 bits per heavy atom. The van der Waals surface area contributed by atoms with E-state index < -0.39 is 17.1 Å². The molecule has 0 spiro atoms. The SMILES string of the molecule is C=C(C)[C@@H]1CC[C@]2(C(=O)OCNC(=O)OC(C)(C)C)CC[C@]3(C)[C@H](CC[C@@H]4[C@@]5(C)CC[C@H](O)C(C)(C)[C@@H]5CC[C@]43C)[C@@H]12. The highest BCUT2D eigenvalue weighted by atomic mass is 16.6. The Bertz CT molecular complexity index is 1110. The average molecular weight is 586 g/mol. The fourth-order valence-electron chi connectivity index (χ4n) is 12.1. The van der Waals surface area contributed by atoms with E-state index in [-0.39, 0.29) is 46.4 Å². The number of rotatable bonds is 4. The van der Waals surface area contributed by atoms with Gasteiger partial charge in [0.1, 0.15) is 5.60 Å². The summed E-state index contributed by atoms with van der Waals surface area (Å²) in [7, 11) is 0. The Hall–Kier alpha value is -1.56. The summed E-state index contributed by atoms with van der Waals surface area (Å²) in [6.07, 6.45) is 9.62. The van der Waals surface area contributed by atoms with Crippen molar-refractivity contribution in [1.29, 1.82) is 0 Å². The van der Waals surface area contributed by atoms with Crippen LogP contribution in [0.5, 0.6) is 0 Å². The summed E-state index contributed by atoms with van der Waals surface area (Å²) in [5, 5.41) is 13.6. The van der Waals surface area contributed by atoms with Crippen molar-refractivity contribution in [1.82, 2.24) is 5.32 Å². The molecule has 5 rings (SSSR count). The Balaban J connectivity index is 1.42. The zero-order chi connectivity index (χ0) is 31.1. The second-order valence-corrected chi connectivity index (χ2v) is 17.5. The highest BCUT2D eigenvalue weighted by Gasteiger charge is 2.72. The largest absolute Gasteiger partial charge is 0.444 e. The maximum Gasteiger partial charge on any atom is 0.410 e. The topological polar surface area (TPSA) is 84.9 Å². The molecule has 42 heavy (non-hydrogen) atoms. The molecule has 0 aromatic carbocycles. The summed E-state index contributed by atoms with van der Waals surface area (Å²) < 4.78 is 11.2. The van der Waals surface area contributed by atoms with E-state index in [9.17, 15) is 14.7 Å². The van der Waals surface area contributed by atoms with Gasteiger partial charge in [0.05, 0.1) is 11.5 Å². The summed E-state index contributed by atoms with van der Waals surface area (Å²) >= 11 is 0. The summed E-state index contributed by atoms with van der Waals surface area (Å²) in [6.45, 7) is 24.2. The summed E-state index contributed by atoms with van der Waals surface area (Å²) in [5.41, 5.74) is 0.558. The summed E-state index contributed by atoms with van der Waals surface area (Å²) in [5.74, 6) is 1.98. The number of aliphatic hydroxyl groups is 1. The van der Waals surface area contributed by atoms with Gasteiger partial charge in [-0.3, -0.25) is 10.1 Å². The van der Waals surface area contributed by atoms with E-state index in [1.807, 2.05) is 20.8 Å². The van der Waals surface area contributed by atoms with E-state index in [4.69, 9.17) is 9.47 Å². The maximum atomic E-state index is 14.1. The molecular formula is C36H59NO5. The molecule has 0 aromatic rings. The number of ether oxygens (including phenoxy) is 2. The number of carbonyl (C=O) groups excluding carboxylic acids is 2. The predicted molar refractivity (Wildman–Crippen MR) is 165 cm³/mol. The van der Waals surface area contributed by atoms with Crippen molar-refractivity contribution < 1.29 is 24.2 Å². The lowest BCUT2D eigenvalue weighted by molar-refractivity contribution is -0.248. The van der Waals surface area contributed by atoms with Gasteiger partial charge in [0, 0.05) is 0 Å². The van der Waals surface area contributed by atoms with Crippen LogP contribution in [0.1, 0.15) is 127 Å². The van der Waals surface area contributed by atoms with Crippen molar-refractivity contribution in [3.8, 4) is 0 Å². The minimum Gasteiger partial charge on any atom is -0.444 e. The number of fused-ring (bicyclic) bond motifs is 7. The van der Waals surface area contributed by atoms with Crippen molar-refractivity contribution in [2.75, 3.05) is 6.73 Å². The van der Waals surface area contributed by atoms with Crippen molar-refractivity contribution in [2.24, 2.45) is 56.7 Å². The monoisotopic (exact) mass is 585 g/mol. The Labute approximate surface area is 255 Å². The van der Waals surface area contributed by atoms with Crippen LogP contribution >= 0.6 is 0 Å². The standard InChI is InChI=1S/C36H59NO5/c1-22(2)23-13-18-36(29(39)41-21-37-30(40)42-31(3,4)5)20-19-34(9)24(28(23)36)11-12-26-33(8)16-15-27(38)32(6,7)25(33)14-17-35(26,34)10/h23-28,38H,1,11-21H2,2-10H3,(H,37,40)/t23-,24+,25-,26+,27-,28+,33-,34+,35+,36-/m0/s1. The number of allylic oxidation sites excluding steroid dienone is 1. The fourth-order valence-corrected chi connectivity index (χ4v) is 12.1. The highest BCUT2D eigenvalue weighted by Crippen LogP contribution is 2.77. The van der Waals surface area contributed by atoms with Crippen LogP contribution in [0.25, 0.3) is 0 Å². The lowest BCUT2D eigenvalue weighted by Crippen LogP contribution is -2.67. The van der Waals surface area contributed by atoms with Crippen LogP contribution in [-0.2, 0) is 14.3 Å². The molecule has 0 bridgehead atoms. The average Bonchev–Trinajstić information content (AvgIpc) is 3.27. The number of amides is 1. The van der Waals surface area contributed by atoms with Crippen LogP contribution in [0.2, 0.25) is 0 Å². The molecule has 0 aliphatic heterocycles. The van der Waals surface area contributed by atoms with E-state index in [0.29, 0.717) is 23.7 Å². The van der Waals surface area contributed by atoms with Crippen molar-refractivity contribution >= 4 is 12.1 Å². The molecule has 2 N–H and O–H groups in total. The number of esters is 1. The van der Waals surface area contributed by atoms with E-state index >= 15 is 0 Å². The van der Waals surface area contributed by atoms with Gasteiger partial charge in [0.2, 0.25) is 0 Å². The molecule has 0 aromatic heterocycles. The Morgan fingerprint density at radius 2 is 1.57 bits per heavy atom. The lowest BCUT2D eigenvalue weighted by Gasteiger charge is -2.72. The summed E-state index contributed by atoms with van der Waals surface area (Å²) in [6, 6.07) is 0. The minimum atomic E-state index is -0.607. The van der Waals surface area contributed by atoms with E-state index in [1.165, 1.54) is 24.8 Å². The zero-order valence-electron chi connectivity index (χ0n) is 28.0. The van der Waals surface area contributed by atoms with Crippen LogP contribution in [0.3, 0.4) is 0 Å². The summed E-state index contributed by atoms with van der Waals surface area (Å²) in [4.78, 5) is 26.3. The molecule has 6 heteroatoms. The molecule has 10 atom stereocenters. The van der Waals surface area contributed by atoms with Crippen molar-refractivity contribution in [2.45, 2.75) is 138 Å². The molecule has 0 saturated heterocycles. The van der Waals surface area contributed by atoms with Crippen LogP contribution in [0.4, 0.5) is 4.79 Å². The molecule has 0 unspecified atom stereocenters. The number of alkyl carbamates (subject to hydrolysis) is 1. The molecule has 238 valence electrons. The Morgan fingerprint density at radius 1 is 0.881 bits per heavy atom.